The molecule has 1 aromatic carbocycles. The molecule has 0 spiro atoms. The summed E-state index contributed by atoms with van der Waals surface area (Å²) in [5.74, 6) is -2.24. The van der Waals surface area contributed by atoms with Crippen LogP contribution in [-0.4, -0.2) is 62.3 Å². The average Bonchev–Trinajstić information content (AvgIpc) is 2.68. The number of halogens is 1. The fraction of sp³-hybridized carbons (Fsp3) is 0.579. The molecule has 0 bridgehead atoms. The highest BCUT2D eigenvalue weighted by molar-refractivity contribution is 7.89. The van der Waals surface area contributed by atoms with Crippen LogP contribution in [0.2, 0.25) is 0 Å². The molecular formula is C19H27FN2O5S. The van der Waals surface area contributed by atoms with Gasteiger partial charge in [0, 0.05) is 26.2 Å². The molecule has 0 N–H and O–H groups in total. The number of piperidine rings is 1. The maximum Gasteiger partial charge on any atom is 0.310 e. The average molecular weight is 414 g/mol. The Bertz CT molecular complexity index is 824. The van der Waals surface area contributed by atoms with Crippen molar-refractivity contribution in [1.29, 1.82) is 0 Å². The minimum absolute atomic E-state index is 0.125. The highest BCUT2D eigenvalue weighted by Gasteiger charge is 2.32. The van der Waals surface area contributed by atoms with Gasteiger partial charge >= 0.3 is 5.97 Å². The molecule has 7 nitrogen and oxygen atoms in total. The van der Waals surface area contributed by atoms with Gasteiger partial charge in [-0.2, -0.15) is 4.31 Å². The zero-order chi connectivity index (χ0) is 20.9. The standard InChI is InChI=1S/C19H27FN2O5S/c1-4-22(5-2)28(25,26)15-9-10-17(20)16(12-15)18(23)21-11-7-8-14(13-21)19(24)27-6-3/h9-10,12,14H,4-8,11,13H2,1-3H3. The Morgan fingerprint density at radius 1 is 1.25 bits per heavy atom. The van der Waals surface area contributed by atoms with E-state index >= 15 is 0 Å². The number of carbonyl (C=O) groups excluding carboxylic acids is 2. The quantitative estimate of drug-likeness (QED) is 0.639. The lowest BCUT2D eigenvalue weighted by molar-refractivity contribution is -0.149. The third-order valence-electron chi connectivity index (χ3n) is 4.84. The summed E-state index contributed by atoms with van der Waals surface area (Å²) in [5.41, 5.74) is -0.308. The van der Waals surface area contributed by atoms with Gasteiger partial charge in [-0.05, 0) is 38.0 Å². The van der Waals surface area contributed by atoms with Gasteiger partial charge in [-0.1, -0.05) is 13.8 Å². The monoisotopic (exact) mass is 414 g/mol. The summed E-state index contributed by atoms with van der Waals surface area (Å²) in [5, 5.41) is 0. The molecule has 0 radical (unpaired) electrons. The zero-order valence-electron chi connectivity index (χ0n) is 16.5. The first-order valence-electron chi connectivity index (χ1n) is 9.51. The Labute approximate surface area is 165 Å². The molecular weight excluding hydrogens is 387 g/mol. The molecule has 1 heterocycles. The summed E-state index contributed by atoms with van der Waals surface area (Å²) >= 11 is 0. The Morgan fingerprint density at radius 2 is 1.93 bits per heavy atom. The lowest BCUT2D eigenvalue weighted by Crippen LogP contribution is -2.43. The molecule has 1 aromatic rings. The molecule has 1 amide bonds. The van der Waals surface area contributed by atoms with Gasteiger partial charge < -0.3 is 9.64 Å². The molecule has 1 saturated heterocycles. The summed E-state index contributed by atoms with van der Waals surface area (Å²) < 4.78 is 46.0. The number of amides is 1. The van der Waals surface area contributed by atoms with E-state index in [1.165, 1.54) is 9.21 Å². The second-order valence-corrected chi connectivity index (χ2v) is 8.51. The first kappa shape index (κ1) is 22.3. The van der Waals surface area contributed by atoms with Crippen LogP contribution in [0.1, 0.15) is 44.0 Å². The van der Waals surface area contributed by atoms with Crippen molar-refractivity contribution in [3.63, 3.8) is 0 Å². The number of ether oxygens (including phenoxy) is 1. The van der Waals surface area contributed by atoms with Crippen LogP contribution >= 0.6 is 0 Å². The topological polar surface area (TPSA) is 84.0 Å². The number of esters is 1. The van der Waals surface area contributed by atoms with E-state index in [-0.39, 0.29) is 42.7 Å². The van der Waals surface area contributed by atoms with Crippen LogP contribution in [0.15, 0.2) is 23.1 Å². The van der Waals surface area contributed by atoms with Gasteiger partial charge in [0.2, 0.25) is 10.0 Å². The van der Waals surface area contributed by atoms with Gasteiger partial charge in [0.15, 0.2) is 0 Å². The van der Waals surface area contributed by atoms with Crippen molar-refractivity contribution in [3.05, 3.63) is 29.6 Å². The second kappa shape index (κ2) is 9.47. The highest BCUT2D eigenvalue weighted by atomic mass is 32.2. The van der Waals surface area contributed by atoms with E-state index < -0.39 is 27.7 Å². The SMILES string of the molecule is CCOC(=O)C1CCCN(C(=O)c2cc(S(=O)(=O)N(CC)CC)ccc2F)C1. The largest absolute Gasteiger partial charge is 0.466 e. The Kier molecular flexibility index (Phi) is 7.54. The Hall–Kier alpha value is -2.00. The van der Waals surface area contributed by atoms with Crippen LogP contribution in [-0.2, 0) is 19.6 Å². The maximum absolute atomic E-state index is 14.4. The molecule has 1 unspecified atom stereocenters. The molecule has 9 heteroatoms. The van der Waals surface area contributed by atoms with Crippen molar-refractivity contribution < 1.29 is 27.1 Å². The lowest BCUT2D eigenvalue weighted by Gasteiger charge is -2.31. The third-order valence-corrected chi connectivity index (χ3v) is 6.89. The van der Waals surface area contributed by atoms with E-state index in [9.17, 15) is 22.4 Å². The smallest absolute Gasteiger partial charge is 0.310 e. The predicted octanol–water partition coefficient (Wildman–Crippen LogP) is 2.27. The molecule has 1 aliphatic rings. The summed E-state index contributed by atoms with van der Waals surface area (Å²) in [6.07, 6.45) is 1.19. The van der Waals surface area contributed by atoms with Crippen molar-refractivity contribution in [2.75, 3.05) is 32.8 Å². The van der Waals surface area contributed by atoms with E-state index in [1.54, 1.807) is 20.8 Å². The second-order valence-electron chi connectivity index (χ2n) is 6.57. The van der Waals surface area contributed by atoms with E-state index in [1.807, 2.05) is 0 Å². The highest BCUT2D eigenvalue weighted by Crippen LogP contribution is 2.24. The molecule has 0 aromatic heterocycles. The number of rotatable bonds is 7. The summed E-state index contributed by atoms with van der Waals surface area (Å²) in [6, 6.07) is 3.24. The van der Waals surface area contributed by atoms with E-state index in [0.29, 0.717) is 19.4 Å². The lowest BCUT2D eigenvalue weighted by atomic mass is 9.97. The van der Waals surface area contributed by atoms with Crippen LogP contribution in [0.25, 0.3) is 0 Å². The molecule has 156 valence electrons. The Balaban J connectivity index is 2.29. The van der Waals surface area contributed by atoms with Crippen LogP contribution in [0.3, 0.4) is 0 Å². The molecule has 28 heavy (non-hydrogen) atoms. The molecule has 1 aliphatic heterocycles. The van der Waals surface area contributed by atoms with Crippen LogP contribution in [0, 0.1) is 11.7 Å². The molecule has 1 atom stereocenters. The normalized spacial score (nSPS) is 17.6. The summed E-state index contributed by atoms with van der Waals surface area (Å²) in [7, 11) is -3.81. The molecule has 0 saturated carbocycles. The number of hydrogen-bond acceptors (Lipinski definition) is 5. The van der Waals surface area contributed by atoms with E-state index in [0.717, 1.165) is 18.2 Å². The fourth-order valence-corrected chi connectivity index (χ4v) is 4.81. The molecule has 0 aliphatic carbocycles. The number of carbonyl (C=O) groups is 2. The van der Waals surface area contributed by atoms with Crippen LogP contribution in [0.4, 0.5) is 4.39 Å². The molecule has 2 rings (SSSR count). The van der Waals surface area contributed by atoms with Gasteiger partial charge in [0.25, 0.3) is 5.91 Å². The van der Waals surface area contributed by atoms with Crippen molar-refractivity contribution in [2.45, 2.75) is 38.5 Å². The van der Waals surface area contributed by atoms with Gasteiger partial charge in [-0.15, -0.1) is 0 Å². The van der Waals surface area contributed by atoms with E-state index in [4.69, 9.17) is 4.74 Å². The van der Waals surface area contributed by atoms with Crippen LogP contribution in [0.5, 0.6) is 0 Å². The predicted molar refractivity (Wildman–Crippen MR) is 102 cm³/mol. The maximum atomic E-state index is 14.4. The van der Waals surface area contributed by atoms with Gasteiger partial charge in [-0.3, -0.25) is 9.59 Å². The van der Waals surface area contributed by atoms with Crippen molar-refractivity contribution >= 4 is 21.9 Å². The first-order valence-corrected chi connectivity index (χ1v) is 11.0. The van der Waals surface area contributed by atoms with Gasteiger partial charge in [-0.25, -0.2) is 12.8 Å². The fourth-order valence-electron chi connectivity index (χ4n) is 3.33. The van der Waals surface area contributed by atoms with Gasteiger partial charge in [0.05, 0.1) is 23.0 Å². The zero-order valence-corrected chi connectivity index (χ0v) is 17.3. The van der Waals surface area contributed by atoms with Crippen molar-refractivity contribution in [3.8, 4) is 0 Å². The molecule has 1 fully saturated rings. The minimum atomic E-state index is -3.81. The summed E-state index contributed by atoms with van der Waals surface area (Å²) in [4.78, 5) is 26.1. The Morgan fingerprint density at radius 3 is 2.54 bits per heavy atom. The number of benzene rings is 1. The third kappa shape index (κ3) is 4.70. The number of likely N-dealkylation sites (tertiary alicyclic amines) is 1. The number of hydrogen-bond donors (Lipinski definition) is 0. The van der Waals surface area contributed by atoms with Gasteiger partial charge in [0.1, 0.15) is 5.82 Å². The number of sulfonamides is 1. The number of nitrogens with zero attached hydrogens (tertiary/aromatic N) is 2. The van der Waals surface area contributed by atoms with Crippen LogP contribution < -0.4 is 0 Å². The van der Waals surface area contributed by atoms with E-state index in [2.05, 4.69) is 0 Å². The summed E-state index contributed by atoms with van der Waals surface area (Å²) in [6.45, 7) is 6.43. The first-order chi connectivity index (χ1) is 13.3. The minimum Gasteiger partial charge on any atom is -0.466 e. The van der Waals surface area contributed by atoms with Crippen molar-refractivity contribution in [1.82, 2.24) is 9.21 Å². The van der Waals surface area contributed by atoms with Crippen molar-refractivity contribution in [2.24, 2.45) is 5.92 Å².